The van der Waals surface area contributed by atoms with Crippen LogP contribution >= 0.6 is 7.82 Å². The summed E-state index contributed by atoms with van der Waals surface area (Å²) in [6.07, 6.45) is 10.6. The van der Waals surface area contributed by atoms with Crippen molar-refractivity contribution < 1.29 is 129 Å². The predicted octanol–water partition coefficient (Wildman–Crippen LogP) is 4.70. The van der Waals surface area contributed by atoms with E-state index in [2.05, 4.69) is 58.2 Å². The summed E-state index contributed by atoms with van der Waals surface area (Å²) in [6, 6.07) is -2.32. The minimum atomic E-state index is -3.86. The molecule has 5 heterocycles. The molecular formula is C91H166N13O27P. The number of methoxy groups -OCH3 is 1. The molecule has 0 bridgehead atoms. The monoisotopic (exact) mass is 1900 g/mol. The Labute approximate surface area is 782 Å². The molecule has 15 N–H and O–H groups in total. The number of aliphatic hydroxyl groups is 3. The van der Waals surface area contributed by atoms with Crippen LogP contribution in [-0.4, -0.2) is 322 Å². The van der Waals surface area contributed by atoms with Crippen LogP contribution in [0.3, 0.4) is 0 Å². The summed E-state index contributed by atoms with van der Waals surface area (Å²) in [6.45, 7) is 19.0. The average Bonchev–Trinajstić information content (AvgIpc) is 1.09. The van der Waals surface area contributed by atoms with E-state index in [0.29, 0.717) is 161 Å². The maximum atomic E-state index is 14.2. The molecule has 0 aromatic carbocycles. The topological polar surface area (TPSA) is 530 Å². The van der Waals surface area contributed by atoms with E-state index in [9.17, 15) is 67.8 Å². The third kappa shape index (κ3) is 45.8. The molecule has 132 heavy (non-hydrogen) atoms. The van der Waals surface area contributed by atoms with Gasteiger partial charge in [0, 0.05) is 182 Å². The highest BCUT2D eigenvalue weighted by molar-refractivity contribution is 7.48. The quantitative estimate of drug-likeness (QED) is 0.0170. The van der Waals surface area contributed by atoms with Crippen LogP contribution in [-0.2, 0) is 113 Å². The second kappa shape index (κ2) is 66.3. The summed E-state index contributed by atoms with van der Waals surface area (Å²) < 4.78 is 90.4. The van der Waals surface area contributed by atoms with Gasteiger partial charge < -0.3 is 126 Å². The number of nitrogens with zero attached hydrogens (tertiary/aromatic N) is 2. The van der Waals surface area contributed by atoms with Crippen LogP contribution in [0.2, 0.25) is 0 Å². The van der Waals surface area contributed by atoms with Crippen molar-refractivity contribution in [3.8, 4) is 0 Å². The van der Waals surface area contributed by atoms with E-state index in [1.165, 1.54) is 27.9 Å². The molecule has 5 fully saturated rings. The summed E-state index contributed by atoms with van der Waals surface area (Å²) in [5.41, 5.74) is 4.87. The van der Waals surface area contributed by atoms with Gasteiger partial charge in [-0.15, -0.1) is 0 Å². The Hall–Kier alpha value is -6.28. The summed E-state index contributed by atoms with van der Waals surface area (Å²) >= 11 is 0. The lowest BCUT2D eigenvalue weighted by Crippen LogP contribution is -2.61. The first-order chi connectivity index (χ1) is 63.4. The van der Waals surface area contributed by atoms with E-state index in [1.807, 2.05) is 46.4 Å². The number of hydrogen-bond donors (Lipinski definition) is 14. The third-order valence-corrected chi connectivity index (χ3v) is 26.0. The van der Waals surface area contributed by atoms with Gasteiger partial charge in [-0.3, -0.25) is 66.5 Å². The summed E-state index contributed by atoms with van der Waals surface area (Å²) in [4.78, 5) is 135. The number of carbonyl (C=O) groups excluding carboxylic acids is 10. The highest BCUT2D eigenvalue weighted by Gasteiger charge is 2.47. The van der Waals surface area contributed by atoms with Crippen molar-refractivity contribution in [1.29, 1.82) is 0 Å². The van der Waals surface area contributed by atoms with Crippen molar-refractivity contribution in [2.45, 2.75) is 359 Å². The summed E-state index contributed by atoms with van der Waals surface area (Å²) in [7, 11) is -0.946. The standard InChI is InChI=1S/C91H166N13O27P/c1-12-71-62(4)85(115)82(100-65(7)105)88(128-71)124-49-26-23-34-74(92)93-42-30-43-96-77(110)39-52-121-59-91(60-122-53-40-78(111)97-46-31-44-94-75(108)35-24-27-50-125-89-83(101-66(8)106)86(116)63(5)72(13-2)129-89,61-123-54-41-79(112)98-47-32-45-95-76(109)36-25-28-51-126-90-84(102-67(9)107)87(117)64(6)73(14-3)130-90)103-80(113)37-21-19-17-15-16-18-20-22-38-81(114)104-48-29-33-69(104)58-127-132(118,120-11)131-70-55-68(57-119-10)99-56-70/h62-64,68-73,82-90,99,115-117H,12-61H2,1-11H3,(H2,92,93)(H,94,108)(H,95,109)(H,96,110)(H,97,111)(H,98,112)(H,100,105)(H,101,106)(H,102,107)(H,103,113). The van der Waals surface area contributed by atoms with Crippen molar-refractivity contribution in [1.82, 2.24) is 58.1 Å². The normalized spacial score (nSPS) is 25.9. The SMILES string of the molecule is CCC1OC(OCCCCC(=O)NCCCNC(=O)CCOCC(COCCC(=O)NCCCN=C(N)CCCCOC2OC(CC)C(C)C(O)C2NC(C)=O)(COCCC(=O)NCCCNC(=O)CCCCOC2OC(CC)C(C)C(O)C2NC(C)=O)NC(=O)CCCCCCCCCCC(=O)N2CCCC2COP(=O)(OC)OC2CNC(COC)C2)C(NC(C)=O)C(O)C1C. The number of amides is 10. The number of aliphatic imine (C=N–C) groups is 1. The fourth-order valence-electron chi connectivity index (χ4n) is 16.9. The number of unbranched alkanes of at least 4 members (excludes halogenated alkanes) is 10. The van der Waals surface area contributed by atoms with Gasteiger partial charge in [0.05, 0.1) is 107 Å². The van der Waals surface area contributed by atoms with Crippen molar-refractivity contribution in [2.24, 2.45) is 28.5 Å². The van der Waals surface area contributed by atoms with Crippen molar-refractivity contribution in [3.05, 3.63) is 0 Å². The second-order valence-electron chi connectivity index (χ2n) is 35.6. The van der Waals surface area contributed by atoms with Crippen molar-refractivity contribution in [2.75, 3.05) is 139 Å². The number of nitrogens with one attached hydrogen (secondary N) is 10. The molecule has 5 saturated heterocycles. The van der Waals surface area contributed by atoms with E-state index < -0.39 is 68.7 Å². The Bertz CT molecular complexity index is 3320. The number of nitrogens with two attached hydrogens (primary N) is 1. The first kappa shape index (κ1) is 116. The van der Waals surface area contributed by atoms with Crippen LogP contribution in [0.4, 0.5) is 0 Å². The van der Waals surface area contributed by atoms with E-state index in [4.69, 9.17) is 66.7 Å². The Kier molecular flexibility index (Phi) is 58.3. The van der Waals surface area contributed by atoms with E-state index >= 15 is 0 Å². The molecule has 5 aliphatic heterocycles. The predicted molar refractivity (Wildman–Crippen MR) is 492 cm³/mol. The van der Waals surface area contributed by atoms with Gasteiger partial charge in [-0.25, -0.2) is 4.57 Å². The second-order valence-corrected chi connectivity index (χ2v) is 37.4. The van der Waals surface area contributed by atoms with Gasteiger partial charge in [-0.05, 0) is 109 Å². The highest BCUT2D eigenvalue weighted by Crippen LogP contribution is 2.51. The molecule has 41 heteroatoms. The number of carbonyl (C=O) groups is 10. The lowest BCUT2D eigenvalue weighted by molar-refractivity contribution is -0.249. The third-order valence-electron chi connectivity index (χ3n) is 24.5. The molecule has 19 atom stereocenters. The first-order valence-electron chi connectivity index (χ1n) is 48.7. The average molecular weight is 1910 g/mol. The van der Waals surface area contributed by atoms with Gasteiger partial charge in [-0.2, -0.15) is 0 Å². The molecule has 0 aliphatic carbocycles. The molecule has 762 valence electrons. The number of aliphatic hydroxyl groups excluding tert-OH is 3. The van der Waals surface area contributed by atoms with Crippen LogP contribution in [0.5, 0.6) is 0 Å². The van der Waals surface area contributed by atoms with Crippen LogP contribution in [0.1, 0.15) is 261 Å². The Balaban J connectivity index is 1.13. The molecule has 0 aromatic rings. The van der Waals surface area contributed by atoms with Gasteiger partial charge in [-0.1, -0.05) is 80.1 Å². The molecule has 19 unspecified atom stereocenters. The molecule has 0 saturated carbocycles. The van der Waals surface area contributed by atoms with E-state index in [-0.39, 0.29) is 224 Å². The van der Waals surface area contributed by atoms with Crippen molar-refractivity contribution in [3.63, 3.8) is 0 Å². The minimum Gasteiger partial charge on any atom is -0.390 e. The largest absolute Gasteiger partial charge is 0.474 e. The summed E-state index contributed by atoms with van der Waals surface area (Å²) in [5.74, 6) is -2.67. The minimum absolute atomic E-state index is 0.0319. The van der Waals surface area contributed by atoms with Crippen LogP contribution in [0, 0.1) is 17.8 Å². The lowest BCUT2D eigenvalue weighted by Gasteiger charge is -2.43. The highest BCUT2D eigenvalue weighted by atomic mass is 31.2. The lowest BCUT2D eigenvalue weighted by atomic mass is 9.88. The maximum Gasteiger partial charge on any atom is 0.474 e. The number of likely N-dealkylation sites (tertiary alicyclic amines) is 1. The molecule has 5 aliphatic rings. The van der Waals surface area contributed by atoms with Crippen molar-refractivity contribution >= 4 is 72.7 Å². The molecule has 0 spiro atoms. The van der Waals surface area contributed by atoms with Gasteiger partial charge in [0.2, 0.25) is 59.1 Å². The van der Waals surface area contributed by atoms with Crippen LogP contribution in [0.15, 0.2) is 4.99 Å². The van der Waals surface area contributed by atoms with E-state index in [1.54, 1.807) is 7.11 Å². The number of phosphoric ester groups is 1. The first-order valence-corrected chi connectivity index (χ1v) is 50.2. The van der Waals surface area contributed by atoms with E-state index in [0.717, 1.165) is 57.8 Å². The van der Waals surface area contributed by atoms with Gasteiger partial charge in [0.15, 0.2) is 18.9 Å². The molecular weight excluding hydrogens is 1740 g/mol. The zero-order valence-electron chi connectivity index (χ0n) is 80.8. The van der Waals surface area contributed by atoms with Crippen LogP contribution in [0.25, 0.3) is 0 Å². The van der Waals surface area contributed by atoms with Crippen LogP contribution < -0.4 is 58.9 Å². The number of ether oxygens (including phenoxy) is 10. The molecule has 0 aromatic heterocycles. The molecule has 10 amide bonds. The number of amidine groups is 1. The zero-order chi connectivity index (χ0) is 96.6. The van der Waals surface area contributed by atoms with Gasteiger partial charge in [0.1, 0.15) is 23.7 Å². The van der Waals surface area contributed by atoms with Gasteiger partial charge in [0.25, 0.3) is 0 Å². The number of hydrogen-bond acceptors (Lipinski definition) is 29. The molecule has 5 rings (SSSR count). The smallest absolute Gasteiger partial charge is 0.390 e. The fraction of sp³-hybridized carbons (Fsp3) is 0.879. The zero-order valence-corrected chi connectivity index (χ0v) is 81.7. The Morgan fingerprint density at radius 3 is 1.27 bits per heavy atom. The molecule has 40 nitrogen and oxygen atoms in total. The fourth-order valence-corrected chi connectivity index (χ4v) is 18.0. The Morgan fingerprint density at radius 2 is 0.864 bits per heavy atom. The maximum absolute atomic E-state index is 14.2. The van der Waals surface area contributed by atoms with Gasteiger partial charge >= 0.3 is 7.82 Å². The number of phosphoric acid groups is 1. The molecule has 0 radical (unpaired) electrons. The summed E-state index contributed by atoms with van der Waals surface area (Å²) in [5, 5.41) is 61.8. The Morgan fingerprint density at radius 1 is 0.485 bits per heavy atom. The number of rotatable bonds is 71.